The zero-order chi connectivity index (χ0) is 18.7. The van der Waals surface area contributed by atoms with E-state index in [-0.39, 0.29) is 13.6 Å². The van der Waals surface area contributed by atoms with Crippen molar-refractivity contribution in [3.63, 3.8) is 0 Å². The molecule has 140 valence electrons. The maximum Gasteiger partial charge on any atom is 0.129 e. The lowest BCUT2D eigenvalue weighted by Crippen LogP contribution is -2.23. The molecule has 0 bridgehead atoms. The molecular formula is C20H28N4O2. The van der Waals surface area contributed by atoms with Crippen LogP contribution in [0.15, 0.2) is 36.5 Å². The van der Waals surface area contributed by atoms with Crippen LogP contribution in [0.25, 0.3) is 0 Å². The number of hydrogen-bond donors (Lipinski definition) is 2. The molecule has 26 heavy (non-hydrogen) atoms. The zero-order valence-electron chi connectivity index (χ0n) is 15.5. The van der Waals surface area contributed by atoms with Crippen LogP contribution in [0.2, 0.25) is 0 Å². The number of nitrogens with one attached hydrogen (secondary N) is 1. The molecule has 3 N–H and O–H groups in total. The smallest absolute Gasteiger partial charge is 0.129 e. The van der Waals surface area contributed by atoms with Gasteiger partial charge in [0, 0.05) is 44.6 Å². The van der Waals surface area contributed by atoms with Gasteiger partial charge in [-0.15, -0.1) is 0 Å². The standard InChI is InChI=1S/C20H26N4O2.H2/c1-13(2)26-15-4-5-18(21)17(11-15)20(22)14-6-8-23-19(10-14)24-9-7-16(12-24)25-3;/h4-6,8,10-11,13,16,22H,7,9,12,21H2,1-3H3;1H. The first-order valence-corrected chi connectivity index (χ1v) is 8.87. The van der Waals surface area contributed by atoms with Crippen LogP contribution >= 0.6 is 0 Å². The Hall–Kier alpha value is -2.60. The summed E-state index contributed by atoms with van der Waals surface area (Å²) in [5.74, 6) is 1.57. The van der Waals surface area contributed by atoms with Gasteiger partial charge in [0.25, 0.3) is 0 Å². The van der Waals surface area contributed by atoms with Gasteiger partial charge in [-0.1, -0.05) is 0 Å². The Balaban J connectivity index is 0.00000261. The molecule has 0 saturated carbocycles. The Labute approximate surface area is 155 Å². The van der Waals surface area contributed by atoms with Gasteiger partial charge in [0.2, 0.25) is 0 Å². The normalized spacial score (nSPS) is 16.9. The lowest BCUT2D eigenvalue weighted by molar-refractivity contribution is 0.121. The first kappa shape index (κ1) is 18.2. The summed E-state index contributed by atoms with van der Waals surface area (Å²) in [6, 6.07) is 9.22. The van der Waals surface area contributed by atoms with E-state index in [0.29, 0.717) is 22.7 Å². The van der Waals surface area contributed by atoms with Gasteiger partial charge in [0.1, 0.15) is 11.6 Å². The molecule has 0 radical (unpaired) electrons. The predicted molar refractivity (Wildman–Crippen MR) is 107 cm³/mol. The minimum Gasteiger partial charge on any atom is -0.491 e. The fourth-order valence-corrected chi connectivity index (χ4v) is 3.13. The van der Waals surface area contributed by atoms with E-state index in [1.807, 2.05) is 38.1 Å². The van der Waals surface area contributed by atoms with Gasteiger partial charge in [0.05, 0.1) is 17.9 Å². The number of anilines is 2. The third-order valence-corrected chi connectivity index (χ3v) is 4.50. The monoisotopic (exact) mass is 356 g/mol. The van der Waals surface area contributed by atoms with E-state index in [2.05, 4.69) is 9.88 Å². The van der Waals surface area contributed by atoms with Crippen LogP contribution in [0.4, 0.5) is 11.5 Å². The van der Waals surface area contributed by atoms with E-state index in [4.69, 9.17) is 20.6 Å². The molecule has 0 spiro atoms. The van der Waals surface area contributed by atoms with Crippen molar-refractivity contribution in [1.29, 1.82) is 5.41 Å². The Morgan fingerprint density at radius 2 is 2.15 bits per heavy atom. The summed E-state index contributed by atoms with van der Waals surface area (Å²) in [6.07, 6.45) is 3.03. The van der Waals surface area contributed by atoms with E-state index in [1.54, 1.807) is 19.4 Å². The highest BCUT2D eigenvalue weighted by Gasteiger charge is 2.23. The van der Waals surface area contributed by atoms with Crippen molar-refractivity contribution >= 4 is 17.2 Å². The maximum atomic E-state index is 8.63. The van der Waals surface area contributed by atoms with Crippen LogP contribution in [0.5, 0.6) is 5.75 Å². The molecule has 0 aliphatic carbocycles. The largest absolute Gasteiger partial charge is 0.491 e. The fourth-order valence-electron chi connectivity index (χ4n) is 3.13. The van der Waals surface area contributed by atoms with Crippen LogP contribution in [-0.4, -0.2) is 43.1 Å². The molecule has 1 unspecified atom stereocenters. The van der Waals surface area contributed by atoms with Crippen molar-refractivity contribution in [2.75, 3.05) is 30.8 Å². The maximum absolute atomic E-state index is 8.63. The summed E-state index contributed by atoms with van der Waals surface area (Å²) in [5.41, 5.74) is 8.49. The van der Waals surface area contributed by atoms with Gasteiger partial charge in [-0.2, -0.15) is 0 Å². The van der Waals surface area contributed by atoms with Gasteiger partial charge >= 0.3 is 0 Å². The molecule has 0 amide bonds. The summed E-state index contributed by atoms with van der Waals surface area (Å²) >= 11 is 0. The second kappa shape index (κ2) is 7.74. The molecule has 1 aromatic heterocycles. The molecule has 2 aromatic rings. The van der Waals surface area contributed by atoms with Gasteiger partial charge in [-0.3, -0.25) is 5.41 Å². The molecule has 3 rings (SSSR count). The number of hydrogen-bond acceptors (Lipinski definition) is 6. The second-order valence-electron chi connectivity index (χ2n) is 6.79. The molecule has 1 aliphatic heterocycles. The summed E-state index contributed by atoms with van der Waals surface area (Å²) in [4.78, 5) is 6.65. The third-order valence-electron chi connectivity index (χ3n) is 4.50. The zero-order valence-corrected chi connectivity index (χ0v) is 15.5. The van der Waals surface area contributed by atoms with Gasteiger partial charge in [-0.05, 0) is 50.6 Å². The number of benzene rings is 1. The van der Waals surface area contributed by atoms with E-state index in [9.17, 15) is 0 Å². The number of methoxy groups -OCH3 is 1. The summed E-state index contributed by atoms with van der Waals surface area (Å²) in [6.45, 7) is 5.67. The molecule has 1 aromatic carbocycles. The van der Waals surface area contributed by atoms with Crippen molar-refractivity contribution in [3.8, 4) is 5.75 Å². The molecular weight excluding hydrogens is 328 g/mol. The summed E-state index contributed by atoms with van der Waals surface area (Å²) in [7, 11) is 1.74. The highest BCUT2D eigenvalue weighted by Crippen LogP contribution is 2.25. The van der Waals surface area contributed by atoms with Crippen molar-refractivity contribution in [2.24, 2.45) is 0 Å². The van der Waals surface area contributed by atoms with Gasteiger partial charge in [-0.25, -0.2) is 4.98 Å². The van der Waals surface area contributed by atoms with E-state index >= 15 is 0 Å². The fraction of sp³-hybridized carbons (Fsp3) is 0.400. The SMILES string of the molecule is COC1CCN(c2cc(C(=N)c3cc(OC(C)C)ccc3N)ccn2)C1.[HH]. The minimum absolute atomic E-state index is 0. The van der Waals surface area contributed by atoms with Crippen LogP contribution < -0.4 is 15.4 Å². The van der Waals surface area contributed by atoms with Crippen LogP contribution in [0.3, 0.4) is 0 Å². The van der Waals surface area contributed by atoms with Crippen LogP contribution in [-0.2, 0) is 4.74 Å². The topological polar surface area (TPSA) is 84.5 Å². The van der Waals surface area contributed by atoms with Crippen molar-refractivity contribution in [2.45, 2.75) is 32.5 Å². The molecule has 6 nitrogen and oxygen atoms in total. The lowest BCUT2D eigenvalue weighted by atomic mass is 10.0. The molecule has 2 heterocycles. The van der Waals surface area contributed by atoms with Crippen LogP contribution in [0.1, 0.15) is 32.8 Å². The van der Waals surface area contributed by atoms with E-state index in [0.717, 1.165) is 30.9 Å². The number of aromatic nitrogens is 1. The highest BCUT2D eigenvalue weighted by molar-refractivity contribution is 6.14. The Morgan fingerprint density at radius 3 is 2.85 bits per heavy atom. The average molecular weight is 356 g/mol. The molecule has 1 fully saturated rings. The number of pyridine rings is 1. The quantitative estimate of drug-likeness (QED) is 0.612. The first-order valence-electron chi connectivity index (χ1n) is 8.87. The Kier molecular flexibility index (Phi) is 5.42. The van der Waals surface area contributed by atoms with E-state index < -0.39 is 0 Å². The highest BCUT2D eigenvalue weighted by atomic mass is 16.5. The van der Waals surface area contributed by atoms with Crippen molar-refractivity contribution in [3.05, 3.63) is 47.7 Å². The number of nitrogen functional groups attached to an aromatic ring is 1. The number of nitrogens with zero attached hydrogens (tertiary/aromatic N) is 2. The Morgan fingerprint density at radius 1 is 1.35 bits per heavy atom. The lowest BCUT2D eigenvalue weighted by Gasteiger charge is -2.18. The van der Waals surface area contributed by atoms with E-state index in [1.165, 1.54) is 0 Å². The average Bonchev–Trinajstić information content (AvgIpc) is 3.12. The van der Waals surface area contributed by atoms with Crippen molar-refractivity contribution in [1.82, 2.24) is 4.98 Å². The number of rotatable bonds is 6. The Bertz CT molecular complexity index is 797. The minimum atomic E-state index is 0. The van der Waals surface area contributed by atoms with Crippen LogP contribution in [0, 0.1) is 5.41 Å². The third kappa shape index (κ3) is 3.96. The second-order valence-corrected chi connectivity index (χ2v) is 6.79. The predicted octanol–water partition coefficient (Wildman–Crippen LogP) is 3.34. The molecule has 1 aliphatic rings. The van der Waals surface area contributed by atoms with Gasteiger partial charge in [0.15, 0.2) is 0 Å². The molecule has 1 atom stereocenters. The summed E-state index contributed by atoms with van der Waals surface area (Å²) < 4.78 is 11.2. The first-order chi connectivity index (χ1) is 12.5. The van der Waals surface area contributed by atoms with Gasteiger partial charge < -0.3 is 20.1 Å². The summed E-state index contributed by atoms with van der Waals surface area (Å²) in [5, 5.41) is 8.63. The number of ether oxygens (including phenoxy) is 2. The van der Waals surface area contributed by atoms with Crippen molar-refractivity contribution < 1.29 is 10.9 Å². The molecule has 6 heteroatoms. The number of nitrogens with two attached hydrogens (primary N) is 1. The molecule has 1 saturated heterocycles.